The molecule has 0 radical (unpaired) electrons. The van der Waals surface area contributed by atoms with E-state index in [4.69, 9.17) is 27.9 Å². The summed E-state index contributed by atoms with van der Waals surface area (Å²) in [5.41, 5.74) is 1.70. The molecule has 0 fully saturated rings. The van der Waals surface area contributed by atoms with Crippen LogP contribution in [-0.4, -0.2) is 24.3 Å². The van der Waals surface area contributed by atoms with Gasteiger partial charge in [0.1, 0.15) is 0 Å². The minimum Gasteiger partial charge on any atom is -0.455 e. The van der Waals surface area contributed by atoms with Crippen LogP contribution in [0.4, 0.5) is 5.69 Å². The minimum absolute atomic E-state index is 0.0164. The number of carbonyl (C=O) groups is 3. The Morgan fingerprint density at radius 1 is 1.00 bits per heavy atom. The fraction of sp³-hybridized carbons (Fsp3) is 0.167. The Labute approximate surface area is 154 Å². The van der Waals surface area contributed by atoms with Crippen LogP contribution in [0.3, 0.4) is 0 Å². The molecule has 0 aliphatic heterocycles. The molecule has 0 saturated heterocycles. The molecule has 2 rings (SSSR count). The van der Waals surface area contributed by atoms with Gasteiger partial charge in [0, 0.05) is 11.3 Å². The molecule has 0 heterocycles. The summed E-state index contributed by atoms with van der Waals surface area (Å²) in [7, 11) is 0. The maximum atomic E-state index is 11.8. The van der Waals surface area contributed by atoms with Crippen LogP contribution in [0.1, 0.15) is 22.8 Å². The molecule has 1 N–H and O–H groups in total. The Morgan fingerprint density at radius 2 is 1.68 bits per heavy atom. The second-order valence-corrected chi connectivity index (χ2v) is 6.08. The van der Waals surface area contributed by atoms with E-state index in [1.165, 1.54) is 6.92 Å². The molecule has 2 aromatic rings. The van der Waals surface area contributed by atoms with E-state index in [1.807, 2.05) is 0 Å². The molecule has 25 heavy (non-hydrogen) atoms. The summed E-state index contributed by atoms with van der Waals surface area (Å²) in [6.45, 7) is 1.05. The Balaban J connectivity index is 1.81. The summed E-state index contributed by atoms with van der Waals surface area (Å²) in [6.07, 6.45) is -0.0164. The second kappa shape index (κ2) is 8.65. The molecule has 0 aliphatic rings. The van der Waals surface area contributed by atoms with E-state index in [2.05, 4.69) is 5.32 Å². The number of halogens is 2. The molecule has 0 aliphatic carbocycles. The predicted octanol–water partition coefficient (Wildman–Crippen LogP) is 3.92. The number of amides is 1. The van der Waals surface area contributed by atoms with Crippen molar-refractivity contribution in [2.75, 3.05) is 11.9 Å². The Bertz CT molecular complexity index is 803. The lowest BCUT2D eigenvalue weighted by molar-refractivity contribution is -0.146. The smallest absolute Gasteiger partial charge is 0.310 e. The number of Topliss-reactive ketones (excluding diaryl/α,β-unsaturated/α-hetero) is 1. The molecule has 0 unspecified atom stereocenters. The van der Waals surface area contributed by atoms with Gasteiger partial charge in [-0.1, -0.05) is 29.3 Å². The lowest BCUT2D eigenvalue weighted by Gasteiger charge is -2.07. The van der Waals surface area contributed by atoms with Crippen LogP contribution in [-0.2, 0) is 20.7 Å². The molecule has 0 atom stereocenters. The van der Waals surface area contributed by atoms with E-state index in [0.29, 0.717) is 26.9 Å². The van der Waals surface area contributed by atoms with E-state index >= 15 is 0 Å². The highest BCUT2D eigenvalue weighted by Gasteiger charge is 2.10. The summed E-state index contributed by atoms with van der Waals surface area (Å²) >= 11 is 11.7. The number of ketones is 1. The van der Waals surface area contributed by atoms with E-state index in [1.54, 1.807) is 42.5 Å². The van der Waals surface area contributed by atoms with Gasteiger partial charge in [-0.25, -0.2) is 0 Å². The van der Waals surface area contributed by atoms with Crippen molar-refractivity contribution in [2.45, 2.75) is 13.3 Å². The highest BCUT2D eigenvalue weighted by Crippen LogP contribution is 2.22. The number of benzene rings is 2. The summed E-state index contributed by atoms with van der Waals surface area (Å²) in [4.78, 5) is 34.7. The molecule has 2 aromatic carbocycles. The van der Waals surface area contributed by atoms with Crippen LogP contribution in [0.5, 0.6) is 0 Å². The highest BCUT2D eigenvalue weighted by molar-refractivity contribution is 6.42. The first-order valence-electron chi connectivity index (χ1n) is 7.35. The average Bonchev–Trinajstić information content (AvgIpc) is 2.57. The third kappa shape index (κ3) is 5.89. The van der Waals surface area contributed by atoms with E-state index in [0.717, 1.165) is 0 Å². The van der Waals surface area contributed by atoms with Gasteiger partial charge in [0.05, 0.1) is 16.5 Å². The zero-order chi connectivity index (χ0) is 18.4. The van der Waals surface area contributed by atoms with Crippen molar-refractivity contribution in [3.8, 4) is 0 Å². The number of rotatable bonds is 6. The number of esters is 1. The molecule has 5 nitrogen and oxygen atoms in total. The van der Waals surface area contributed by atoms with Crippen molar-refractivity contribution in [2.24, 2.45) is 0 Å². The number of ether oxygens (including phenoxy) is 1. The maximum Gasteiger partial charge on any atom is 0.310 e. The summed E-state index contributed by atoms with van der Waals surface area (Å²) in [6, 6.07) is 11.2. The molecule has 0 spiro atoms. The van der Waals surface area contributed by atoms with E-state index < -0.39 is 18.5 Å². The molecule has 0 bridgehead atoms. The number of anilines is 1. The summed E-state index contributed by atoms with van der Waals surface area (Å²) < 4.78 is 4.93. The van der Waals surface area contributed by atoms with Gasteiger partial charge >= 0.3 is 5.97 Å². The van der Waals surface area contributed by atoms with Gasteiger partial charge in [0.25, 0.3) is 5.91 Å². The number of nitrogens with one attached hydrogen (secondary N) is 1. The number of hydrogen-bond donors (Lipinski definition) is 1. The van der Waals surface area contributed by atoms with Crippen molar-refractivity contribution >= 4 is 46.5 Å². The molecule has 130 valence electrons. The molecule has 0 saturated carbocycles. The maximum absolute atomic E-state index is 11.8. The minimum atomic E-state index is -0.555. The van der Waals surface area contributed by atoms with Crippen molar-refractivity contribution in [3.05, 3.63) is 63.6 Å². The summed E-state index contributed by atoms with van der Waals surface area (Å²) in [5.74, 6) is -1.09. The fourth-order valence-corrected chi connectivity index (χ4v) is 2.32. The Hall–Kier alpha value is -2.37. The monoisotopic (exact) mass is 379 g/mol. The van der Waals surface area contributed by atoms with Gasteiger partial charge in [-0.15, -0.1) is 0 Å². The first kappa shape index (κ1) is 19.0. The van der Waals surface area contributed by atoms with Gasteiger partial charge in [0.15, 0.2) is 12.4 Å². The molecule has 0 aromatic heterocycles. The predicted molar refractivity (Wildman–Crippen MR) is 96.2 cm³/mol. The molecular weight excluding hydrogens is 365 g/mol. The summed E-state index contributed by atoms with van der Waals surface area (Å²) in [5, 5.41) is 3.32. The van der Waals surface area contributed by atoms with Gasteiger partial charge in [0.2, 0.25) is 0 Å². The average molecular weight is 380 g/mol. The van der Waals surface area contributed by atoms with Gasteiger partial charge in [-0.3, -0.25) is 14.4 Å². The normalized spacial score (nSPS) is 10.2. The first-order chi connectivity index (χ1) is 11.8. The van der Waals surface area contributed by atoms with Crippen LogP contribution in [0, 0.1) is 0 Å². The van der Waals surface area contributed by atoms with Crippen molar-refractivity contribution in [3.63, 3.8) is 0 Å². The lowest BCUT2D eigenvalue weighted by Crippen LogP contribution is -2.21. The topological polar surface area (TPSA) is 72.5 Å². The van der Waals surface area contributed by atoms with Crippen LogP contribution >= 0.6 is 23.2 Å². The third-order valence-electron chi connectivity index (χ3n) is 3.27. The molecular formula is C18H15Cl2NO4. The fourth-order valence-electron chi connectivity index (χ4n) is 2.00. The van der Waals surface area contributed by atoms with Gasteiger partial charge < -0.3 is 10.1 Å². The van der Waals surface area contributed by atoms with Crippen LogP contribution in [0.15, 0.2) is 42.5 Å². The second-order valence-electron chi connectivity index (χ2n) is 5.27. The number of carbonyl (C=O) groups excluding carboxylic acids is 3. The largest absolute Gasteiger partial charge is 0.455 e. The number of hydrogen-bond acceptors (Lipinski definition) is 4. The van der Waals surface area contributed by atoms with Crippen molar-refractivity contribution in [1.82, 2.24) is 0 Å². The molecule has 1 amide bonds. The zero-order valence-corrected chi connectivity index (χ0v) is 14.9. The SMILES string of the molecule is CC(=O)c1ccc(NC(=O)COC(=O)Cc2ccc(Cl)c(Cl)c2)cc1. The third-order valence-corrected chi connectivity index (χ3v) is 4.01. The zero-order valence-electron chi connectivity index (χ0n) is 13.3. The van der Waals surface area contributed by atoms with Gasteiger partial charge in [-0.05, 0) is 48.9 Å². The first-order valence-corrected chi connectivity index (χ1v) is 8.11. The van der Waals surface area contributed by atoms with Crippen LogP contribution < -0.4 is 5.32 Å². The standard InChI is InChI=1S/C18H15Cl2NO4/c1-11(22)13-3-5-14(6-4-13)21-17(23)10-25-18(24)9-12-2-7-15(19)16(20)8-12/h2-8H,9-10H2,1H3,(H,21,23). The quantitative estimate of drug-likeness (QED) is 0.609. The van der Waals surface area contributed by atoms with Crippen LogP contribution in [0.2, 0.25) is 10.0 Å². The Morgan fingerprint density at radius 3 is 2.28 bits per heavy atom. The lowest BCUT2D eigenvalue weighted by atomic mass is 10.1. The van der Waals surface area contributed by atoms with E-state index in [-0.39, 0.29) is 12.2 Å². The van der Waals surface area contributed by atoms with Crippen LogP contribution in [0.25, 0.3) is 0 Å². The van der Waals surface area contributed by atoms with Crippen molar-refractivity contribution < 1.29 is 19.1 Å². The van der Waals surface area contributed by atoms with E-state index in [9.17, 15) is 14.4 Å². The van der Waals surface area contributed by atoms with Crippen molar-refractivity contribution in [1.29, 1.82) is 0 Å². The highest BCUT2D eigenvalue weighted by atomic mass is 35.5. The van der Waals surface area contributed by atoms with Gasteiger partial charge in [-0.2, -0.15) is 0 Å². The molecule has 7 heteroatoms. The Kier molecular flexibility index (Phi) is 6.56.